The van der Waals surface area contributed by atoms with Gasteiger partial charge in [-0.25, -0.2) is 4.98 Å². The minimum atomic E-state index is 0.837. The molecule has 1 aromatic heterocycles. The molecule has 3 heteroatoms. The normalized spacial score (nSPS) is 11.5. The number of unbranched alkanes of at least 4 members (excludes halogenated alkanes) is 2. The molecule has 0 aliphatic rings. The van der Waals surface area contributed by atoms with Crippen LogP contribution in [0.1, 0.15) is 62.0 Å². The molecule has 154 valence electrons. The van der Waals surface area contributed by atoms with E-state index in [0.717, 1.165) is 35.6 Å². The van der Waals surface area contributed by atoms with Gasteiger partial charge in [0.25, 0.3) is 0 Å². The van der Waals surface area contributed by atoms with E-state index < -0.39 is 0 Å². The Kier molecular flexibility index (Phi) is 8.52. The summed E-state index contributed by atoms with van der Waals surface area (Å²) in [5, 5.41) is 0. The summed E-state index contributed by atoms with van der Waals surface area (Å²) in [7, 11) is 0. The molecule has 3 rings (SSSR count). The average molecular weight is 398 g/mol. The summed E-state index contributed by atoms with van der Waals surface area (Å²) in [6.07, 6.45) is 10.5. The fourth-order valence-electron chi connectivity index (χ4n) is 3.31. The Balaban J connectivity index is 1.75. The van der Waals surface area contributed by atoms with E-state index >= 15 is 0 Å². The summed E-state index contributed by atoms with van der Waals surface area (Å²) in [4.78, 5) is 14.1. The summed E-state index contributed by atoms with van der Waals surface area (Å²) < 4.78 is 0. The number of aromatic nitrogens is 1. The zero-order valence-corrected chi connectivity index (χ0v) is 18.1. The van der Waals surface area contributed by atoms with Crippen LogP contribution in [0, 0.1) is 0 Å². The van der Waals surface area contributed by atoms with Crippen LogP contribution in [0.3, 0.4) is 0 Å². The van der Waals surface area contributed by atoms with E-state index in [2.05, 4.69) is 55.2 Å². The van der Waals surface area contributed by atoms with Crippen molar-refractivity contribution in [1.29, 1.82) is 0 Å². The first kappa shape index (κ1) is 21.6. The molecule has 2 aromatic carbocycles. The van der Waals surface area contributed by atoms with Gasteiger partial charge in [-0.3, -0.25) is 9.98 Å². The maximum atomic E-state index is 4.70. The van der Waals surface area contributed by atoms with Gasteiger partial charge in [0.05, 0.1) is 35.2 Å². The Labute approximate surface area is 180 Å². The number of rotatable bonds is 10. The van der Waals surface area contributed by atoms with Crippen LogP contribution in [0.2, 0.25) is 0 Å². The van der Waals surface area contributed by atoms with Gasteiger partial charge in [-0.15, -0.1) is 0 Å². The third kappa shape index (κ3) is 6.48. The lowest BCUT2D eigenvalue weighted by molar-refractivity contribution is 0.795. The van der Waals surface area contributed by atoms with Gasteiger partial charge >= 0.3 is 0 Å². The number of nitrogens with zero attached hydrogens (tertiary/aromatic N) is 3. The second kappa shape index (κ2) is 11.8. The molecular weight excluding hydrogens is 366 g/mol. The number of pyridine rings is 1. The Bertz CT molecular complexity index is 912. The number of aryl methyl sites for hydroxylation is 2. The Morgan fingerprint density at radius 3 is 1.57 bits per heavy atom. The van der Waals surface area contributed by atoms with E-state index in [1.807, 2.05) is 42.8 Å². The van der Waals surface area contributed by atoms with Crippen LogP contribution in [0.15, 0.2) is 76.7 Å². The Morgan fingerprint density at radius 2 is 1.10 bits per heavy atom. The van der Waals surface area contributed by atoms with Crippen LogP contribution in [-0.2, 0) is 12.8 Å². The van der Waals surface area contributed by atoms with Gasteiger partial charge in [-0.2, -0.15) is 0 Å². The standard InChI is InChI=1S/C27H31N3/c1-3-5-12-22-14-7-9-18-26(22)28-20-24-16-11-17-25(30-24)21-29-27-19-10-8-15-23(27)13-6-4-2/h7-11,14-21H,3-6,12-13H2,1-2H3. The minimum absolute atomic E-state index is 0.837. The van der Waals surface area contributed by atoms with Gasteiger partial charge in [0.2, 0.25) is 0 Å². The topological polar surface area (TPSA) is 37.6 Å². The fourth-order valence-corrected chi connectivity index (χ4v) is 3.31. The molecule has 0 radical (unpaired) electrons. The van der Waals surface area contributed by atoms with Crippen molar-refractivity contribution in [2.45, 2.75) is 52.4 Å². The van der Waals surface area contributed by atoms with Crippen molar-refractivity contribution in [2.24, 2.45) is 9.98 Å². The van der Waals surface area contributed by atoms with E-state index in [9.17, 15) is 0 Å². The molecule has 0 unspecified atom stereocenters. The van der Waals surface area contributed by atoms with E-state index in [4.69, 9.17) is 9.98 Å². The third-order valence-corrected chi connectivity index (χ3v) is 5.05. The molecule has 3 aromatic rings. The van der Waals surface area contributed by atoms with Crippen LogP contribution < -0.4 is 0 Å². The number of para-hydroxylation sites is 2. The average Bonchev–Trinajstić information content (AvgIpc) is 2.80. The molecule has 0 aliphatic carbocycles. The molecule has 0 bridgehead atoms. The first-order valence-electron chi connectivity index (χ1n) is 11.0. The summed E-state index contributed by atoms with van der Waals surface area (Å²) in [5.41, 5.74) is 6.30. The van der Waals surface area contributed by atoms with Crippen molar-refractivity contribution in [1.82, 2.24) is 4.98 Å². The SMILES string of the molecule is CCCCc1ccccc1N=Cc1cccc(C=Nc2ccccc2CCCC)n1. The van der Waals surface area contributed by atoms with Gasteiger partial charge in [0.15, 0.2) is 0 Å². The summed E-state index contributed by atoms with van der Waals surface area (Å²) >= 11 is 0. The van der Waals surface area contributed by atoms with Gasteiger partial charge in [-0.1, -0.05) is 69.2 Å². The van der Waals surface area contributed by atoms with E-state index in [1.54, 1.807) is 0 Å². The lowest BCUT2D eigenvalue weighted by Gasteiger charge is -2.05. The van der Waals surface area contributed by atoms with Crippen molar-refractivity contribution in [2.75, 3.05) is 0 Å². The second-order valence-electron chi connectivity index (χ2n) is 7.47. The summed E-state index contributed by atoms with van der Waals surface area (Å²) in [6.45, 7) is 4.43. The molecule has 1 heterocycles. The monoisotopic (exact) mass is 397 g/mol. The van der Waals surface area contributed by atoms with Crippen molar-refractivity contribution in [3.8, 4) is 0 Å². The molecule has 0 saturated heterocycles. The molecule has 0 atom stereocenters. The molecule has 0 saturated carbocycles. The van der Waals surface area contributed by atoms with Crippen LogP contribution in [0.5, 0.6) is 0 Å². The number of hydrogen-bond acceptors (Lipinski definition) is 3. The Hall–Kier alpha value is -3.07. The maximum Gasteiger partial charge on any atom is 0.0820 e. The van der Waals surface area contributed by atoms with Gasteiger partial charge in [-0.05, 0) is 61.1 Å². The first-order chi connectivity index (χ1) is 14.8. The van der Waals surface area contributed by atoms with E-state index in [-0.39, 0.29) is 0 Å². The lowest BCUT2D eigenvalue weighted by atomic mass is 10.1. The summed E-state index contributed by atoms with van der Waals surface area (Å²) in [5.74, 6) is 0. The molecule has 0 fully saturated rings. The summed E-state index contributed by atoms with van der Waals surface area (Å²) in [6, 6.07) is 22.7. The number of aliphatic imine (C=N–C) groups is 2. The predicted molar refractivity (Wildman–Crippen MR) is 129 cm³/mol. The second-order valence-corrected chi connectivity index (χ2v) is 7.47. The highest BCUT2D eigenvalue weighted by atomic mass is 14.8. The fraction of sp³-hybridized carbons (Fsp3) is 0.296. The quantitative estimate of drug-likeness (QED) is 0.331. The molecular formula is C27H31N3. The molecule has 0 aliphatic heterocycles. The largest absolute Gasteiger partial charge is 0.254 e. The van der Waals surface area contributed by atoms with Crippen LogP contribution in [-0.4, -0.2) is 17.4 Å². The van der Waals surface area contributed by atoms with Crippen LogP contribution >= 0.6 is 0 Å². The molecule has 0 amide bonds. The van der Waals surface area contributed by atoms with Crippen molar-refractivity contribution >= 4 is 23.8 Å². The Morgan fingerprint density at radius 1 is 0.633 bits per heavy atom. The van der Waals surface area contributed by atoms with Crippen molar-refractivity contribution in [3.05, 3.63) is 89.2 Å². The zero-order chi connectivity index (χ0) is 21.0. The molecule has 0 N–H and O–H groups in total. The highest BCUT2D eigenvalue weighted by Crippen LogP contribution is 2.21. The van der Waals surface area contributed by atoms with Gasteiger partial charge in [0.1, 0.15) is 0 Å². The highest BCUT2D eigenvalue weighted by molar-refractivity contribution is 5.84. The van der Waals surface area contributed by atoms with Crippen molar-refractivity contribution < 1.29 is 0 Å². The first-order valence-corrected chi connectivity index (χ1v) is 11.0. The van der Waals surface area contributed by atoms with E-state index in [0.29, 0.717) is 0 Å². The number of benzene rings is 2. The number of hydrogen-bond donors (Lipinski definition) is 0. The third-order valence-electron chi connectivity index (χ3n) is 5.05. The molecule has 0 spiro atoms. The smallest absolute Gasteiger partial charge is 0.0820 e. The lowest BCUT2D eigenvalue weighted by Crippen LogP contribution is -1.94. The van der Waals surface area contributed by atoms with Gasteiger partial charge in [0, 0.05) is 0 Å². The minimum Gasteiger partial charge on any atom is -0.254 e. The van der Waals surface area contributed by atoms with E-state index in [1.165, 1.54) is 36.8 Å². The van der Waals surface area contributed by atoms with Crippen LogP contribution in [0.25, 0.3) is 0 Å². The predicted octanol–water partition coefficient (Wildman–Crippen LogP) is 7.27. The van der Waals surface area contributed by atoms with Crippen LogP contribution in [0.4, 0.5) is 11.4 Å². The molecule has 3 nitrogen and oxygen atoms in total. The van der Waals surface area contributed by atoms with Gasteiger partial charge < -0.3 is 0 Å². The molecule has 30 heavy (non-hydrogen) atoms. The van der Waals surface area contributed by atoms with Crippen molar-refractivity contribution in [3.63, 3.8) is 0 Å². The highest BCUT2D eigenvalue weighted by Gasteiger charge is 2.01. The maximum absolute atomic E-state index is 4.70. The zero-order valence-electron chi connectivity index (χ0n) is 18.1.